The zero-order valence-electron chi connectivity index (χ0n) is 14.1. The van der Waals surface area contributed by atoms with Gasteiger partial charge in [0.1, 0.15) is 17.5 Å². The summed E-state index contributed by atoms with van der Waals surface area (Å²) >= 11 is 0. The van der Waals surface area contributed by atoms with Crippen molar-refractivity contribution < 1.29 is 0 Å². The minimum absolute atomic E-state index is 0.334. The molecule has 0 aliphatic rings. The van der Waals surface area contributed by atoms with Crippen LogP contribution in [0.2, 0.25) is 0 Å². The standard InChI is InChI=1S/C16H30N4/c1-8-17-14-9-15(19-16(18-14)12(4)5)20(13(6)7)10-11(2)3/h9,11-13H,8,10H2,1-7H3,(H,17,18,19). The van der Waals surface area contributed by atoms with Crippen LogP contribution in [-0.4, -0.2) is 29.1 Å². The predicted molar refractivity (Wildman–Crippen MR) is 87.6 cm³/mol. The van der Waals surface area contributed by atoms with Gasteiger partial charge in [-0.05, 0) is 26.7 Å². The summed E-state index contributed by atoms with van der Waals surface area (Å²) in [6.45, 7) is 17.2. The first-order chi connectivity index (χ1) is 9.35. The quantitative estimate of drug-likeness (QED) is 0.821. The molecule has 1 aromatic rings. The Hall–Kier alpha value is -1.32. The molecule has 1 heterocycles. The molecule has 4 heteroatoms. The lowest BCUT2D eigenvalue weighted by molar-refractivity contribution is 0.563. The van der Waals surface area contributed by atoms with Crippen molar-refractivity contribution in [2.24, 2.45) is 5.92 Å². The monoisotopic (exact) mass is 278 g/mol. The zero-order chi connectivity index (χ0) is 15.3. The van der Waals surface area contributed by atoms with Crippen LogP contribution in [0.1, 0.15) is 60.2 Å². The van der Waals surface area contributed by atoms with Crippen molar-refractivity contribution in [3.8, 4) is 0 Å². The lowest BCUT2D eigenvalue weighted by Crippen LogP contribution is -2.35. The summed E-state index contributed by atoms with van der Waals surface area (Å²) in [6.07, 6.45) is 0. The molecule has 0 spiro atoms. The zero-order valence-corrected chi connectivity index (χ0v) is 14.1. The summed E-state index contributed by atoms with van der Waals surface area (Å²) in [7, 11) is 0. The lowest BCUT2D eigenvalue weighted by atomic mass is 10.1. The third-order valence-corrected chi connectivity index (χ3v) is 3.08. The topological polar surface area (TPSA) is 41.0 Å². The van der Waals surface area contributed by atoms with Gasteiger partial charge in [0.15, 0.2) is 0 Å². The van der Waals surface area contributed by atoms with Crippen LogP contribution >= 0.6 is 0 Å². The van der Waals surface area contributed by atoms with E-state index in [1.165, 1.54) is 0 Å². The fourth-order valence-electron chi connectivity index (χ4n) is 2.09. The summed E-state index contributed by atoms with van der Waals surface area (Å²) in [5.41, 5.74) is 0. The second kappa shape index (κ2) is 7.46. The molecular weight excluding hydrogens is 248 g/mol. The van der Waals surface area contributed by atoms with Crippen LogP contribution in [0.3, 0.4) is 0 Å². The summed E-state index contributed by atoms with van der Waals surface area (Å²) in [6, 6.07) is 2.50. The van der Waals surface area contributed by atoms with Gasteiger partial charge in [-0.25, -0.2) is 9.97 Å². The molecule has 0 aromatic carbocycles. The highest BCUT2D eigenvalue weighted by Crippen LogP contribution is 2.22. The Kier molecular flexibility index (Phi) is 6.24. The van der Waals surface area contributed by atoms with Gasteiger partial charge in [0, 0.05) is 31.1 Å². The van der Waals surface area contributed by atoms with Gasteiger partial charge in [0.05, 0.1) is 0 Å². The van der Waals surface area contributed by atoms with Crippen molar-refractivity contribution in [2.75, 3.05) is 23.3 Å². The Morgan fingerprint density at radius 2 is 1.75 bits per heavy atom. The molecule has 0 unspecified atom stereocenters. The molecule has 0 bridgehead atoms. The highest BCUT2D eigenvalue weighted by atomic mass is 15.2. The lowest BCUT2D eigenvalue weighted by Gasteiger charge is -2.30. The highest BCUT2D eigenvalue weighted by Gasteiger charge is 2.17. The molecule has 114 valence electrons. The summed E-state index contributed by atoms with van der Waals surface area (Å²) in [5, 5.41) is 3.31. The number of aromatic nitrogens is 2. The number of hydrogen-bond acceptors (Lipinski definition) is 4. The van der Waals surface area contributed by atoms with Gasteiger partial charge in [-0.1, -0.05) is 27.7 Å². The van der Waals surface area contributed by atoms with Gasteiger partial charge in [-0.3, -0.25) is 0 Å². The third-order valence-electron chi connectivity index (χ3n) is 3.08. The third kappa shape index (κ3) is 4.66. The minimum Gasteiger partial charge on any atom is -0.370 e. The maximum atomic E-state index is 4.76. The highest BCUT2D eigenvalue weighted by molar-refractivity contribution is 5.50. The average Bonchev–Trinajstić information content (AvgIpc) is 2.35. The number of nitrogens with zero attached hydrogens (tertiary/aromatic N) is 3. The Bertz CT molecular complexity index is 413. The van der Waals surface area contributed by atoms with Gasteiger partial charge in [0.2, 0.25) is 0 Å². The number of hydrogen-bond donors (Lipinski definition) is 1. The molecule has 1 N–H and O–H groups in total. The molecule has 0 aliphatic carbocycles. The van der Waals surface area contributed by atoms with Crippen molar-refractivity contribution in [3.63, 3.8) is 0 Å². The Balaban J connectivity index is 3.18. The van der Waals surface area contributed by atoms with E-state index in [-0.39, 0.29) is 0 Å². The molecule has 1 rings (SSSR count). The summed E-state index contributed by atoms with van der Waals surface area (Å²) < 4.78 is 0. The maximum Gasteiger partial charge on any atom is 0.135 e. The van der Waals surface area contributed by atoms with Crippen LogP contribution in [0.25, 0.3) is 0 Å². The Morgan fingerprint density at radius 3 is 2.20 bits per heavy atom. The van der Waals surface area contributed by atoms with Crippen molar-refractivity contribution >= 4 is 11.6 Å². The molecule has 0 radical (unpaired) electrons. The van der Waals surface area contributed by atoms with E-state index in [0.29, 0.717) is 17.9 Å². The number of nitrogens with one attached hydrogen (secondary N) is 1. The minimum atomic E-state index is 0.334. The largest absolute Gasteiger partial charge is 0.370 e. The SMILES string of the molecule is CCNc1cc(N(CC(C)C)C(C)C)nc(C(C)C)n1. The summed E-state index contributed by atoms with van der Waals surface area (Å²) in [4.78, 5) is 11.7. The Labute approximate surface area is 124 Å². The predicted octanol–water partition coefficient (Wildman–Crippen LogP) is 3.90. The van der Waals surface area contributed by atoms with Crippen LogP contribution in [-0.2, 0) is 0 Å². The van der Waals surface area contributed by atoms with E-state index in [0.717, 1.165) is 30.5 Å². The van der Waals surface area contributed by atoms with Gasteiger partial charge in [-0.15, -0.1) is 0 Å². The van der Waals surface area contributed by atoms with Gasteiger partial charge >= 0.3 is 0 Å². The van der Waals surface area contributed by atoms with Crippen molar-refractivity contribution in [1.82, 2.24) is 9.97 Å². The van der Waals surface area contributed by atoms with Crippen LogP contribution in [0, 0.1) is 5.92 Å². The van der Waals surface area contributed by atoms with Crippen LogP contribution < -0.4 is 10.2 Å². The van der Waals surface area contributed by atoms with Gasteiger partial charge in [0.25, 0.3) is 0 Å². The number of anilines is 2. The fraction of sp³-hybridized carbons (Fsp3) is 0.750. The Morgan fingerprint density at radius 1 is 1.10 bits per heavy atom. The van der Waals surface area contributed by atoms with Gasteiger partial charge in [-0.2, -0.15) is 0 Å². The first kappa shape index (κ1) is 16.7. The first-order valence-electron chi connectivity index (χ1n) is 7.74. The van der Waals surface area contributed by atoms with E-state index < -0.39 is 0 Å². The van der Waals surface area contributed by atoms with E-state index in [1.807, 2.05) is 0 Å². The molecule has 20 heavy (non-hydrogen) atoms. The first-order valence-corrected chi connectivity index (χ1v) is 7.74. The molecule has 4 nitrogen and oxygen atoms in total. The second-order valence-electron chi connectivity index (χ2n) is 6.29. The van der Waals surface area contributed by atoms with E-state index >= 15 is 0 Å². The molecule has 0 saturated heterocycles. The van der Waals surface area contributed by atoms with Gasteiger partial charge < -0.3 is 10.2 Å². The van der Waals surface area contributed by atoms with E-state index in [2.05, 4.69) is 69.7 Å². The van der Waals surface area contributed by atoms with Crippen molar-refractivity contribution in [1.29, 1.82) is 0 Å². The second-order valence-corrected chi connectivity index (χ2v) is 6.29. The molecule has 0 amide bonds. The molecule has 0 saturated carbocycles. The normalized spacial score (nSPS) is 11.5. The molecule has 0 aliphatic heterocycles. The average molecular weight is 278 g/mol. The maximum absolute atomic E-state index is 4.76. The van der Waals surface area contributed by atoms with Crippen LogP contribution in [0.5, 0.6) is 0 Å². The van der Waals surface area contributed by atoms with Crippen molar-refractivity contribution in [3.05, 3.63) is 11.9 Å². The van der Waals surface area contributed by atoms with Crippen LogP contribution in [0.15, 0.2) is 6.07 Å². The van der Waals surface area contributed by atoms with E-state index in [1.54, 1.807) is 0 Å². The fourth-order valence-corrected chi connectivity index (χ4v) is 2.09. The number of rotatable bonds is 7. The molecule has 1 aromatic heterocycles. The van der Waals surface area contributed by atoms with Crippen molar-refractivity contribution in [2.45, 2.75) is 60.4 Å². The summed E-state index contributed by atoms with van der Waals surface area (Å²) in [5.74, 6) is 3.81. The molecule has 0 atom stereocenters. The van der Waals surface area contributed by atoms with E-state index in [9.17, 15) is 0 Å². The van der Waals surface area contributed by atoms with Crippen LogP contribution in [0.4, 0.5) is 11.6 Å². The molecule has 0 fully saturated rings. The molecular formula is C16H30N4. The van der Waals surface area contributed by atoms with E-state index in [4.69, 9.17) is 4.98 Å². The smallest absolute Gasteiger partial charge is 0.135 e.